The van der Waals surface area contributed by atoms with Crippen molar-refractivity contribution in [1.82, 2.24) is 9.97 Å². The van der Waals surface area contributed by atoms with Crippen molar-refractivity contribution in [3.8, 4) is 0 Å². The van der Waals surface area contributed by atoms with E-state index in [1.807, 2.05) is 67.5 Å². The molecule has 1 aromatic heterocycles. The van der Waals surface area contributed by atoms with Crippen LogP contribution in [-0.2, 0) is 4.79 Å². The van der Waals surface area contributed by atoms with Gasteiger partial charge in [0.25, 0.3) is 0 Å². The molecule has 0 atom stereocenters. The molecule has 2 N–H and O–H groups in total. The molecule has 3 aromatic rings. The average molecular weight is 354 g/mol. The number of para-hydroxylation sites is 1. The smallest absolute Gasteiger partial charge is 0.313 e. The summed E-state index contributed by atoms with van der Waals surface area (Å²) in [7, 11) is 3.97. The Morgan fingerprint density at radius 3 is 2.52 bits per heavy atom. The maximum Gasteiger partial charge on any atom is 0.313 e. The number of hydrogen-bond acceptors (Lipinski definition) is 6. The van der Waals surface area contributed by atoms with Crippen molar-refractivity contribution in [2.45, 2.75) is 5.03 Å². The third-order valence-electron chi connectivity index (χ3n) is 3.54. The van der Waals surface area contributed by atoms with Crippen molar-refractivity contribution >= 4 is 46.0 Å². The Hall–Kier alpha value is -2.80. The molecular formula is C18H18N4O2S. The van der Waals surface area contributed by atoms with Crippen LogP contribution in [0.2, 0.25) is 0 Å². The number of carboxylic acids is 1. The van der Waals surface area contributed by atoms with Crippen LogP contribution in [0.3, 0.4) is 0 Å². The number of carbonyl (C=O) groups is 1. The highest BCUT2D eigenvalue weighted by Crippen LogP contribution is 2.27. The minimum atomic E-state index is -0.874. The van der Waals surface area contributed by atoms with Gasteiger partial charge < -0.3 is 15.3 Å². The van der Waals surface area contributed by atoms with Crippen molar-refractivity contribution in [2.75, 3.05) is 30.1 Å². The molecule has 0 amide bonds. The van der Waals surface area contributed by atoms with Crippen molar-refractivity contribution in [3.05, 3.63) is 48.5 Å². The van der Waals surface area contributed by atoms with Crippen LogP contribution in [0.25, 0.3) is 10.9 Å². The minimum absolute atomic E-state index is 0.0437. The van der Waals surface area contributed by atoms with Gasteiger partial charge in [0.15, 0.2) is 0 Å². The van der Waals surface area contributed by atoms with E-state index in [0.717, 1.165) is 22.3 Å². The van der Waals surface area contributed by atoms with E-state index in [0.29, 0.717) is 11.0 Å². The number of hydrogen-bond donors (Lipinski definition) is 2. The first-order valence-corrected chi connectivity index (χ1v) is 8.67. The maximum absolute atomic E-state index is 10.9. The lowest BCUT2D eigenvalue weighted by atomic mass is 10.2. The normalized spacial score (nSPS) is 10.6. The second kappa shape index (κ2) is 7.40. The fourth-order valence-electron chi connectivity index (χ4n) is 2.32. The predicted molar refractivity (Wildman–Crippen MR) is 102 cm³/mol. The molecule has 1 heterocycles. The van der Waals surface area contributed by atoms with Gasteiger partial charge in [-0.15, -0.1) is 0 Å². The van der Waals surface area contributed by atoms with Gasteiger partial charge in [-0.3, -0.25) is 4.79 Å². The molecular weight excluding hydrogens is 336 g/mol. The molecule has 0 unspecified atom stereocenters. The number of aromatic nitrogens is 2. The lowest BCUT2D eigenvalue weighted by Crippen LogP contribution is -2.08. The zero-order valence-electron chi connectivity index (χ0n) is 13.9. The third-order valence-corrected chi connectivity index (χ3v) is 4.52. The molecule has 0 radical (unpaired) electrons. The van der Waals surface area contributed by atoms with Gasteiger partial charge in [-0.25, -0.2) is 9.97 Å². The Bertz CT molecular complexity index is 897. The summed E-state index contributed by atoms with van der Waals surface area (Å²) >= 11 is 1.19. The van der Waals surface area contributed by atoms with Crippen LogP contribution in [0.15, 0.2) is 53.6 Å². The second-order valence-corrected chi connectivity index (χ2v) is 6.58. The van der Waals surface area contributed by atoms with Crippen LogP contribution >= 0.6 is 11.8 Å². The van der Waals surface area contributed by atoms with Crippen molar-refractivity contribution in [3.63, 3.8) is 0 Å². The van der Waals surface area contributed by atoms with Crippen LogP contribution < -0.4 is 10.2 Å². The van der Waals surface area contributed by atoms with E-state index in [-0.39, 0.29) is 5.75 Å². The summed E-state index contributed by atoms with van der Waals surface area (Å²) in [5.74, 6) is -0.469. The molecule has 0 saturated heterocycles. The van der Waals surface area contributed by atoms with Gasteiger partial charge in [0.1, 0.15) is 5.03 Å². The van der Waals surface area contributed by atoms with Gasteiger partial charge in [0.2, 0.25) is 5.95 Å². The summed E-state index contributed by atoms with van der Waals surface area (Å²) in [5, 5.41) is 13.6. The summed E-state index contributed by atoms with van der Waals surface area (Å²) in [6.07, 6.45) is 0. The largest absolute Gasteiger partial charge is 0.481 e. The predicted octanol–water partition coefficient (Wildman–Crippen LogP) is 3.62. The number of fused-ring (bicyclic) bond motifs is 1. The number of thioether (sulfide) groups is 1. The van der Waals surface area contributed by atoms with E-state index < -0.39 is 5.97 Å². The molecule has 128 valence electrons. The monoisotopic (exact) mass is 354 g/mol. The van der Waals surface area contributed by atoms with Crippen LogP contribution in [0.5, 0.6) is 0 Å². The summed E-state index contributed by atoms with van der Waals surface area (Å²) in [6, 6.07) is 15.5. The van der Waals surface area contributed by atoms with Gasteiger partial charge >= 0.3 is 5.97 Å². The number of benzene rings is 2. The second-order valence-electron chi connectivity index (χ2n) is 5.62. The van der Waals surface area contributed by atoms with E-state index in [9.17, 15) is 4.79 Å². The summed E-state index contributed by atoms with van der Waals surface area (Å²) in [4.78, 5) is 21.9. The molecule has 0 fully saturated rings. The number of anilines is 3. The molecule has 0 spiro atoms. The Morgan fingerprint density at radius 1 is 1.12 bits per heavy atom. The fraction of sp³-hybridized carbons (Fsp3) is 0.167. The first-order chi connectivity index (χ1) is 12.0. The molecule has 0 aliphatic heterocycles. The maximum atomic E-state index is 10.9. The third kappa shape index (κ3) is 4.19. The van der Waals surface area contributed by atoms with E-state index >= 15 is 0 Å². The summed E-state index contributed by atoms with van der Waals surface area (Å²) in [5.41, 5.74) is 2.75. The van der Waals surface area contributed by atoms with Gasteiger partial charge in [-0.1, -0.05) is 30.0 Å². The molecule has 6 nitrogen and oxygen atoms in total. The van der Waals surface area contributed by atoms with E-state index in [1.165, 1.54) is 11.8 Å². The highest BCUT2D eigenvalue weighted by atomic mass is 32.2. The minimum Gasteiger partial charge on any atom is -0.481 e. The Morgan fingerprint density at radius 2 is 1.84 bits per heavy atom. The lowest BCUT2D eigenvalue weighted by Gasteiger charge is -2.13. The number of nitrogens with one attached hydrogen (secondary N) is 1. The SMILES string of the molecule is CN(C)c1ccc(Nc2nc(SCC(=O)O)c3ccccc3n2)cc1. The number of aliphatic carboxylic acids is 1. The molecule has 0 bridgehead atoms. The van der Waals surface area contributed by atoms with Crippen LogP contribution in [0.1, 0.15) is 0 Å². The molecule has 7 heteroatoms. The molecule has 0 aliphatic carbocycles. The van der Waals surface area contributed by atoms with Crippen molar-refractivity contribution < 1.29 is 9.90 Å². The van der Waals surface area contributed by atoms with Crippen LogP contribution in [0, 0.1) is 0 Å². The highest BCUT2D eigenvalue weighted by Gasteiger charge is 2.10. The van der Waals surface area contributed by atoms with Crippen molar-refractivity contribution in [1.29, 1.82) is 0 Å². The number of nitrogens with zero attached hydrogens (tertiary/aromatic N) is 3. The number of carboxylic acid groups (broad SMARTS) is 1. The highest BCUT2D eigenvalue weighted by molar-refractivity contribution is 8.00. The Balaban J connectivity index is 1.91. The van der Waals surface area contributed by atoms with Crippen molar-refractivity contribution in [2.24, 2.45) is 0 Å². The number of rotatable bonds is 6. The molecule has 0 saturated carbocycles. The van der Waals surface area contributed by atoms with E-state index in [2.05, 4.69) is 15.3 Å². The van der Waals surface area contributed by atoms with Crippen LogP contribution in [-0.4, -0.2) is 40.9 Å². The first-order valence-electron chi connectivity index (χ1n) is 7.69. The standard InChI is InChI=1S/C18H18N4O2S/c1-22(2)13-9-7-12(8-10-13)19-18-20-15-6-4-3-5-14(15)17(21-18)25-11-16(23)24/h3-10H,11H2,1-2H3,(H,23,24)(H,19,20,21). The van der Waals surface area contributed by atoms with Gasteiger partial charge in [-0.2, -0.15) is 0 Å². The zero-order valence-corrected chi connectivity index (χ0v) is 14.7. The average Bonchev–Trinajstić information content (AvgIpc) is 2.60. The van der Waals surface area contributed by atoms with Crippen LogP contribution in [0.4, 0.5) is 17.3 Å². The summed E-state index contributed by atoms with van der Waals surface area (Å²) in [6.45, 7) is 0. The molecule has 3 rings (SSSR count). The Kier molecular flexibility index (Phi) is 5.04. The Labute approximate surface area is 149 Å². The molecule has 25 heavy (non-hydrogen) atoms. The quantitative estimate of drug-likeness (QED) is 0.517. The topological polar surface area (TPSA) is 78.4 Å². The van der Waals surface area contributed by atoms with E-state index in [4.69, 9.17) is 5.11 Å². The van der Waals surface area contributed by atoms with Gasteiger partial charge in [-0.05, 0) is 30.3 Å². The zero-order chi connectivity index (χ0) is 17.8. The van der Waals surface area contributed by atoms with Gasteiger partial charge in [0.05, 0.1) is 11.3 Å². The molecule has 2 aromatic carbocycles. The molecule has 0 aliphatic rings. The fourth-order valence-corrected chi connectivity index (χ4v) is 3.05. The lowest BCUT2D eigenvalue weighted by molar-refractivity contribution is -0.133. The van der Waals surface area contributed by atoms with E-state index in [1.54, 1.807) is 0 Å². The van der Waals surface area contributed by atoms with Gasteiger partial charge in [0, 0.05) is 30.9 Å². The summed E-state index contributed by atoms with van der Waals surface area (Å²) < 4.78 is 0. The first kappa shape index (κ1) is 17.0.